The van der Waals surface area contributed by atoms with Crippen molar-refractivity contribution in [3.8, 4) is 11.5 Å². The van der Waals surface area contributed by atoms with Crippen molar-refractivity contribution < 1.29 is 39.9 Å². The van der Waals surface area contributed by atoms with E-state index in [-0.39, 0.29) is 35.5 Å². The molecule has 0 aliphatic heterocycles. The van der Waals surface area contributed by atoms with Gasteiger partial charge in [-0.05, 0) is 67.7 Å². The third kappa shape index (κ3) is 3.83. The number of likely N-dealkylation sites (N-methyl/N-ethyl adjacent to an activating group) is 1. The maximum atomic E-state index is 13.9. The molecule has 39 heavy (non-hydrogen) atoms. The first-order valence-electron chi connectivity index (χ1n) is 12.3. The normalized spacial score (nSPS) is 26.6. The highest BCUT2D eigenvalue weighted by Crippen LogP contribution is 2.53. The lowest BCUT2D eigenvalue weighted by Crippen LogP contribution is -2.65. The molecular weight excluding hydrogens is 504 g/mol. The SMILES string of the molecule is CN(C)[C@H]1C(=O)C(C(N)=O)=C(O)[C@@]2(O)C(=O)C3=C(O)c4c(O)ccc(/C=C/c5ccc(O)cc5)c4C[C@@H]3C[C@H]12. The number of primary amides is 1. The first-order chi connectivity index (χ1) is 18.4. The molecule has 2 aromatic rings. The minimum absolute atomic E-state index is 0.0164. The van der Waals surface area contributed by atoms with E-state index in [4.69, 9.17) is 5.73 Å². The van der Waals surface area contributed by atoms with Crippen molar-refractivity contribution in [2.45, 2.75) is 24.5 Å². The van der Waals surface area contributed by atoms with Crippen molar-refractivity contribution in [1.82, 2.24) is 4.90 Å². The second kappa shape index (κ2) is 9.11. The van der Waals surface area contributed by atoms with Crippen LogP contribution in [0.2, 0.25) is 0 Å². The Balaban J connectivity index is 1.66. The summed E-state index contributed by atoms with van der Waals surface area (Å²) in [6.45, 7) is 0. The molecule has 0 saturated heterocycles. The van der Waals surface area contributed by atoms with Crippen LogP contribution in [0.4, 0.5) is 0 Å². The number of aliphatic hydroxyl groups excluding tert-OH is 2. The van der Waals surface area contributed by atoms with Crippen molar-refractivity contribution in [3.63, 3.8) is 0 Å². The number of ketones is 2. The summed E-state index contributed by atoms with van der Waals surface area (Å²) in [6.07, 6.45) is 3.79. The molecule has 0 unspecified atom stereocenters. The highest BCUT2D eigenvalue weighted by Gasteiger charge is 2.64. The van der Waals surface area contributed by atoms with E-state index < -0.39 is 58.0 Å². The molecule has 0 heterocycles. The maximum Gasteiger partial charge on any atom is 0.255 e. The summed E-state index contributed by atoms with van der Waals surface area (Å²) < 4.78 is 0. The van der Waals surface area contributed by atoms with Gasteiger partial charge in [0.2, 0.25) is 5.78 Å². The van der Waals surface area contributed by atoms with E-state index >= 15 is 0 Å². The van der Waals surface area contributed by atoms with Crippen LogP contribution in [0, 0.1) is 11.8 Å². The van der Waals surface area contributed by atoms with Crippen molar-refractivity contribution in [2.24, 2.45) is 17.6 Å². The summed E-state index contributed by atoms with van der Waals surface area (Å²) in [4.78, 5) is 40.6. The summed E-state index contributed by atoms with van der Waals surface area (Å²) in [5.74, 6) is -6.72. The molecule has 1 amide bonds. The van der Waals surface area contributed by atoms with E-state index in [2.05, 4.69) is 0 Å². The number of hydrogen-bond acceptors (Lipinski definition) is 9. The molecule has 0 spiro atoms. The number of phenolic OH excluding ortho intramolecular Hbond substituents is 2. The van der Waals surface area contributed by atoms with E-state index in [9.17, 15) is 39.9 Å². The lowest BCUT2D eigenvalue weighted by molar-refractivity contribution is -0.153. The number of aliphatic hydroxyl groups is 3. The van der Waals surface area contributed by atoms with E-state index in [1.165, 1.54) is 11.0 Å². The Morgan fingerprint density at radius 1 is 1.03 bits per heavy atom. The molecule has 1 saturated carbocycles. The quantitative estimate of drug-likeness (QED) is 0.253. The Labute approximate surface area is 223 Å². The monoisotopic (exact) mass is 532 g/mol. The number of Topliss-reactive ketones (excluding diaryl/α,β-unsaturated/α-hetero) is 2. The number of carbonyl (C=O) groups is 3. The van der Waals surface area contributed by atoms with Crippen LogP contribution >= 0.6 is 0 Å². The van der Waals surface area contributed by atoms with Gasteiger partial charge in [0.15, 0.2) is 11.4 Å². The molecule has 0 aromatic heterocycles. The van der Waals surface area contributed by atoms with Gasteiger partial charge in [0.1, 0.15) is 28.6 Å². The standard InChI is InChI=1S/C29H28N2O8/c1-31(2)23-18-12-15-11-17-14(6-3-13-4-8-16(32)9-5-13)7-10-19(33)21(17)24(34)20(15)26(36)29(18,39)27(37)22(25(23)35)28(30)38/h3-10,15,18,23,32-34,37,39H,11-12H2,1-2H3,(H2,30,38)/b6-3+/t15-,18-,23-,29+/m1/s1. The minimum Gasteiger partial charge on any atom is -0.508 e. The maximum absolute atomic E-state index is 13.9. The zero-order valence-corrected chi connectivity index (χ0v) is 21.3. The number of carbonyl (C=O) groups excluding carboxylic acids is 3. The van der Waals surface area contributed by atoms with Crippen molar-refractivity contribution in [1.29, 1.82) is 0 Å². The third-order valence-corrected chi connectivity index (χ3v) is 7.99. The molecule has 10 nitrogen and oxygen atoms in total. The molecule has 3 aliphatic rings. The van der Waals surface area contributed by atoms with E-state index in [0.29, 0.717) is 11.1 Å². The number of aromatic hydroxyl groups is 2. The predicted molar refractivity (Wildman–Crippen MR) is 141 cm³/mol. The largest absolute Gasteiger partial charge is 0.508 e. The van der Waals surface area contributed by atoms with Gasteiger partial charge in [-0.3, -0.25) is 19.3 Å². The molecule has 0 bridgehead atoms. The smallest absolute Gasteiger partial charge is 0.255 e. The fourth-order valence-electron chi connectivity index (χ4n) is 6.20. The first-order valence-corrected chi connectivity index (χ1v) is 12.3. The van der Waals surface area contributed by atoms with Crippen LogP contribution in [0.15, 0.2) is 53.3 Å². The summed E-state index contributed by atoms with van der Waals surface area (Å²) in [7, 11) is 3.11. The summed E-state index contributed by atoms with van der Waals surface area (Å²) in [5.41, 5.74) is 3.68. The van der Waals surface area contributed by atoms with Crippen molar-refractivity contribution in [3.05, 3.63) is 75.6 Å². The molecule has 4 atom stereocenters. The fourth-order valence-corrected chi connectivity index (χ4v) is 6.20. The number of nitrogens with two attached hydrogens (primary N) is 1. The van der Waals surface area contributed by atoms with Gasteiger partial charge in [0.25, 0.3) is 5.91 Å². The highest BCUT2D eigenvalue weighted by atomic mass is 16.3. The Bertz CT molecular complexity index is 1520. The molecule has 202 valence electrons. The third-order valence-electron chi connectivity index (χ3n) is 7.99. The number of nitrogens with zero attached hydrogens (tertiary/aromatic N) is 1. The summed E-state index contributed by atoms with van der Waals surface area (Å²) in [6, 6.07) is 8.43. The van der Waals surface area contributed by atoms with Gasteiger partial charge < -0.3 is 31.3 Å². The predicted octanol–water partition coefficient (Wildman–Crippen LogP) is 1.84. The molecule has 7 N–H and O–H groups in total. The summed E-state index contributed by atoms with van der Waals surface area (Å²) >= 11 is 0. The molecular formula is C29H28N2O8. The van der Waals surface area contributed by atoms with Crippen molar-refractivity contribution >= 4 is 35.4 Å². The highest BCUT2D eigenvalue weighted by molar-refractivity contribution is 6.24. The van der Waals surface area contributed by atoms with Gasteiger partial charge in [-0.2, -0.15) is 0 Å². The lowest BCUT2D eigenvalue weighted by atomic mass is 9.57. The molecule has 1 fully saturated rings. The van der Waals surface area contributed by atoms with Crippen LogP contribution < -0.4 is 5.73 Å². The number of amides is 1. The van der Waals surface area contributed by atoms with Gasteiger partial charge in [-0.1, -0.05) is 30.4 Å². The van der Waals surface area contributed by atoms with Crippen LogP contribution in [-0.4, -0.2) is 73.6 Å². The topological polar surface area (TPSA) is 182 Å². The Hall–Kier alpha value is -4.41. The second-order valence-corrected chi connectivity index (χ2v) is 10.4. The van der Waals surface area contributed by atoms with Crippen LogP contribution in [0.1, 0.15) is 28.7 Å². The number of rotatable bonds is 4. The molecule has 0 radical (unpaired) electrons. The number of hydrogen-bond donors (Lipinski definition) is 6. The van der Waals surface area contributed by atoms with Gasteiger partial charge in [-0.15, -0.1) is 0 Å². The molecule has 3 aliphatic carbocycles. The van der Waals surface area contributed by atoms with Gasteiger partial charge in [0.05, 0.1) is 11.6 Å². The number of fused-ring (bicyclic) bond motifs is 3. The van der Waals surface area contributed by atoms with Crippen LogP contribution in [-0.2, 0) is 20.8 Å². The number of benzene rings is 2. The minimum atomic E-state index is -2.67. The van der Waals surface area contributed by atoms with Gasteiger partial charge in [0, 0.05) is 11.5 Å². The molecule has 10 heteroatoms. The van der Waals surface area contributed by atoms with Crippen LogP contribution in [0.25, 0.3) is 17.9 Å². The zero-order valence-electron chi connectivity index (χ0n) is 21.3. The average Bonchev–Trinajstić information content (AvgIpc) is 2.86. The summed E-state index contributed by atoms with van der Waals surface area (Å²) in [5, 5.41) is 54.1. The van der Waals surface area contributed by atoms with Gasteiger partial charge in [-0.25, -0.2) is 0 Å². The van der Waals surface area contributed by atoms with E-state index in [1.807, 2.05) is 0 Å². The average molecular weight is 533 g/mol. The van der Waals surface area contributed by atoms with E-state index in [0.717, 1.165) is 5.56 Å². The first kappa shape index (κ1) is 26.2. The lowest BCUT2D eigenvalue weighted by Gasteiger charge is -2.50. The zero-order chi connectivity index (χ0) is 28.4. The Morgan fingerprint density at radius 2 is 1.69 bits per heavy atom. The van der Waals surface area contributed by atoms with Crippen LogP contribution in [0.3, 0.4) is 0 Å². The second-order valence-electron chi connectivity index (χ2n) is 10.4. The van der Waals surface area contributed by atoms with E-state index in [1.54, 1.807) is 56.6 Å². The van der Waals surface area contributed by atoms with Crippen molar-refractivity contribution in [2.75, 3.05) is 14.1 Å². The van der Waals surface area contributed by atoms with Gasteiger partial charge >= 0.3 is 0 Å². The number of phenols is 2. The molecule has 5 rings (SSSR count). The van der Waals surface area contributed by atoms with Crippen LogP contribution in [0.5, 0.6) is 11.5 Å². The Morgan fingerprint density at radius 3 is 2.31 bits per heavy atom. The Kier molecular flexibility index (Phi) is 6.12. The fraction of sp³-hybridized carbons (Fsp3) is 0.276. The molecule has 2 aromatic carbocycles.